The Hall–Kier alpha value is -3.10. The third kappa shape index (κ3) is 2.88. The van der Waals surface area contributed by atoms with E-state index in [9.17, 15) is 14.9 Å². The quantitative estimate of drug-likeness (QED) is 0.608. The van der Waals surface area contributed by atoms with E-state index in [-0.39, 0.29) is 11.1 Å². The van der Waals surface area contributed by atoms with E-state index in [1.807, 2.05) is 24.3 Å². The van der Waals surface area contributed by atoms with Gasteiger partial charge in [0.15, 0.2) is 0 Å². The second-order valence-corrected chi connectivity index (χ2v) is 5.93. The van der Waals surface area contributed by atoms with E-state index in [2.05, 4.69) is 0 Å². The molecule has 0 atom stereocenters. The fourth-order valence-corrected chi connectivity index (χ4v) is 2.81. The van der Waals surface area contributed by atoms with Crippen molar-refractivity contribution in [1.29, 1.82) is 5.26 Å². The molecule has 1 aliphatic heterocycles. The number of benzene rings is 1. The Morgan fingerprint density at radius 1 is 1.16 bits per heavy atom. The van der Waals surface area contributed by atoms with Crippen molar-refractivity contribution in [1.82, 2.24) is 4.90 Å². The topological polar surface area (TPSA) is 74.3 Å². The van der Waals surface area contributed by atoms with Crippen molar-refractivity contribution in [2.24, 2.45) is 0 Å². The molecule has 1 aliphatic rings. The molecule has 6 heteroatoms. The monoisotopic (exact) mass is 352 g/mol. The Morgan fingerprint density at radius 2 is 1.88 bits per heavy atom. The summed E-state index contributed by atoms with van der Waals surface area (Å²) in [5, 5.41) is 9.72. The van der Waals surface area contributed by atoms with E-state index >= 15 is 0 Å². The molecule has 5 nitrogen and oxygen atoms in total. The number of halogens is 1. The molecule has 25 heavy (non-hydrogen) atoms. The van der Waals surface area contributed by atoms with Gasteiger partial charge in [-0.2, -0.15) is 5.26 Å². The first-order valence-electron chi connectivity index (χ1n) is 7.44. The zero-order valence-corrected chi connectivity index (χ0v) is 14.3. The summed E-state index contributed by atoms with van der Waals surface area (Å²) in [5.41, 5.74) is 1.28. The predicted molar refractivity (Wildman–Crippen MR) is 93.2 cm³/mol. The van der Waals surface area contributed by atoms with Gasteiger partial charge in [0.1, 0.15) is 23.2 Å². The van der Waals surface area contributed by atoms with Crippen LogP contribution in [0.4, 0.5) is 0 Å². The second kappa shape index (κ2) is 6.42. The molecule has 124 valence electrons. The van der Waals surface area contributed by atoms with Crippen molar-refractivity contribution in [2.75, 3.05) is 7.05 Å². The maximum atomic E-state index is 12.4. The lowest BCUT2D eigenvalue weighted by Crippen LogP contribution is -2.39. The first-order valence-corrected chi connectivity index (χ1v) is 7.82. The summed E-state index contributed by atoms with van der Waals surface area (Å²) < 4.78 is 5.76. The Labute approximate surface area is 149 Å². The van der Waals surface area contributed by atoms with E-state index in [4.69, 9.17) is 16.0 Å². The van der Waals surface area contributed by atoms with Gasteiger partial charge < -0.3 is 4.42 Å². The zero-order valence-electron chi connectivity index (χ0n) is 13.5. The molecule has 0 aliphatic carbocycles. The molecular weight excluding hydrogens is 340 g/mol. The maximum Gasteiger partial charge on any atom is 0.271 e. The number of hydrogen-bond donors (Lipinski definition) is 0. The Bertz CT molecular complexity index is 992. The molecule has 0 bridgehead atoms. The van der Waals surface area contributed by atoms with Gasteiger partial charge in [-0.1, -0.05) is 23.7 Å². The average Bonchev–Trinajstić information content (AvgIpc) is 3.06. The highest BCUT2D eigenvalue weighted by Gasteiger charge is 2.33. The molecule has 0 unspecified atom stereocenters. The molecule has 3 rings (SSSR count). The van der Waals surface area contributed by atoms with E-state index < -0.39 is 11.8 Å². The number of nitriles is 1. The largest absolute Gasteiger partial charge is 0.457 e. The number of likely N-dealkylation sites (N-methyl/N-ethyl adjacent to an activating group) is 1. The summed E-state index contributed by atoms with van der Waals surface area (Å²) in [6, 6.07) is 12.6. The number of furan rings is 1. The first kappa shape index (κ1) is 16.7. The molecule has 1 aromatic carbocycles. The lowest BCUT2D eigenvalue weighted by atomic mass is 9.95. The van der Waals surface area contributed by atoms with E-state index in [0.717, 1.165) is 10.5 Å². The SMILES string of the molecule is CC1=C(C#N)C(=O)N(C)C(=O)/C1=C\c1ccc(-c2ccccc2Cl)o1. The van der Waals surface area contributed by atoms with Crippen LogP contribution in [0.3, 0.4) is 0 Å². The molecule has 0 spiro atoms. The third-order valence-corrected chi connectivity index (χ3v) is 4.33. The van der Waals surface area contributed by atoms with Crippen LogP contribution in [0, 0.1) is 11.3 Å². The summed E-state index contributed by atoms with van der Waals surface area (Å²) in [4.78, 5) is 25.3. The van der Waals surface area contributed by atoms with E-state index in [1.54, 1.807) is 25.1 Å². The number of carbonyl (C=O) groups is 2. The predicted octanol–water partition coefficient (Wildman–Crippen LogP) is 3.82. The Balaban J connectivity index is 2.05. The normalized spacial score (nSPS) is 16.6. The van der Waals surface area contributed by atoms with Crippen molar-refractivity contribution in [3.8, 4) is 17.4 Å². The molecule has 0 saturated carbocycles. The maximum absolute atomic E-state index is 12.4. The zero-order chi connectivity index (χ0) is 18.1. The molecular formula is C19H13ClN2O3. The van der Waals surface area contributed by atoms with Gasteiger partial charge in [0, 0.05) is 18.2 Å². The minimum Gasteiger partial charge on any atom is -0.457 e. The summed E-state index contributed by atoms with van der Waals surface area (Å²) in [6.45, 7) is 1.57. The highest BCUT2D eigenvalue weighted by molar-refractivity contribution is 6.33. The molecule has 1 aromatic heterocycles. The number of amides is 2. The molecule has 0 fully saturated rings. The fourth-order valence-electron chi connectivity index (χ4n) is 2.58. The van der Waals surface area contributed by atoms with Gasteiger partial charge in [0.05, 0.1) is 5.02 Å². The molecule has 2 heterocycles. The highest BCUT2D eigenvalue weighted by atomic mass is 35.5. The molecule has 0 saturated heterocycles. The van der Waals surface area contributed by atoms with Crippen LogP contribution in [-0.4, -0.2) is 23.8 Å². The van der Waals surface area contributed by atoms with Gasteiger partial charge in [0.2, 0.25) is 0 Å². The van der Waals surface area contributed by atoms with Crippen molar-refractivity contribution < 1.29 is 14.0 Å². The number of imide groups is 1. The van der Waals surface area contributed by atoms with Crippen LogP contribution in [-0.2, 0) is 9.59 Å². The standard InChI is InChI=1S/C19H13ClN2O3/c1-11-14(18(23)22(2)19(24)15(11)10-21)9-12-7-8-17(25-12)13-5-3-4-6-16(13)20/h3-9H,1-2H3/b14-9-. The van der Waals surface area contributed by atoms with Crippen molar-refractivity contribution in [3.63, 3.8) is 0 Å². The summed E-state index contributed by atoms with van der Waals surface area (Å²) in [5.74, 6) is -0.0829. The van der Waals surface area contributed by atoms with E-state index in [0.29, 0.717) is 22.1 Å². The van der Waals surface area contributed by atoms with Crippen molar-refractivity contribution >= 4 is 29.5 Å². The second-order valence-electron chi connectivity index (χ2n) is 5.52. The van der Waals surface area contributed by atoms with Gasteiger partial charge in [0.25, 0.3) is 11.8 Å². The lowest BCUT2D eigenvalue weighted by Gasteiger charge is -2.23. The van der Waals surface area contributed by atoms with Gasteiger partial charge in [-0.25, -0.2) is 0 Å². The van der Waals surface area contributed by atoms with Crippen LogP contribution in [0.15, 0.2) is 57.5 Å². The van der Waals surface area contributed by atoms with Crippen LogP contribution < -0.4 is 0 Å². The van der Waals surface area contributed by atoms with Crippen LogP contribution in [0.2, 0.25) is 5.02 Å². The summed E-state index contributed by atoms with van der Waals surface area (Å²) in [6.07, 6.45) is 1.53. The highest BCUT2D eigenvalue weighted by Crippen LogP contribution is 2.31. The number of rotatable bonds is 2. The Kier molecular flexibility index (Phi) is 4.30. The molecule has 2 aromatic rings. The van der Waals surface area contributed by atoms with E-state index in [1.165, 1.54) is 13.1 Å². The van der Waals surface area contributed by atoms with Crippen molar-refractivity contribution in [2.45, 2.75) is 6.92 Å². The van der Waals surface area contributed by atoms with Gasteiger partial charge in [-0.05, 0) is 42.8 Å². The van der Waals surface area contributed by atoms with Crippen LogP contribution in [0.25, 0.3) is 17.4 Å². The van der Waals surface area contributed by atoms with Crippen molar-refractivity contribution in [3.05, 3.63) is 63.9 Å². The van der Waals surface area contributed by atoms with Crippen LogP contribution in [0.5, 0.6) is 0 Å². The number of nitrogens with zero attached hydrogens (tertiary/aromatic N) is 2. The minimum atomic E-state index is -0.599. The third-order valence-electron chi connectivity index (χ3n) is 4.00. The average molecular weight is 353 g/mol. The van der Waals surface area contributed by atoms with Crippen LogP contribution >= 0.6 is 11.6 Å². The summed E-state index contributed by atoms with van der Waals surface area (Å²) >= 11 is 6.16. The Morgan fingerprint density at radius 3 is 2.56 bits per heavy atom. The number of carbonyl (C=O) groups excluding carboxylic acids is 2. The lowest BCUT2D eigenvalue weighted by molar-refractivity contribution is -0.138. The van der Waals surface area contributed by atoms with Gasteiger partial charge in [-0.3, -0.25) is 14.5 Å². The smallest absolute Gasteiger partial charge is 0.271 e. The molecule has 0 N–H and O–H groups in total. The first-order chi connectivity index (χ1) is 11.9. The molecule has 0 radical (unpaired) electrons. The summed E-state index contributed by atoms with van der Waals surface area (Å²) in [7, 11) is 1.35. The number of hydrogen-bond acceptors (Lipinski definition) is 4. The molecule has 2 amide bonds. The fraction of sp³-hybridized carbons (Fsp3) is 0.105. The minimum absolute atomic E-state index is 0.0498. The van der Waals surface area contributed by atoms with Crippen LogP contribution in [0.1, 0.15) is 12.7 Å². The van der Waals surface area contributed by atoms with Gasteiger partial charge >= 0.3 is 0 Å². The van der Waals surface area contributed by atoms with Gasteiger partial charge in [-0.15, -0.1) is 0 Å².